The molecule has 0 aliphatic heterocycles. The molecule has 5 nitrogen and oxygen atoms in total. The van der Waals surface area contributed by atoms with Crippen LogP contribution in [0.1, 0.15) is 0 Å². The molecule has 0 bridgehead atoms. The van der Waals surface area contributed by atoms with Gasteiger partial charge in [0.15, 0.2) is 0 Å². The summed E-state index contributed by atoms with van der Waals surface area (Å²) >= 11 is 0. The average molecular weight is 451 g/mol. The van der Waals surface area contributed by atoms with Crippen molar-refractivity contribution in [3.05, 3.63) is 97.5 Å². The van der Waals surface area contributed by atoms with Crippen LogP contribution in [0.4, 0.5) is 0 Å². The summed E-state index contributed by atoms with van der Waals surface area (Å²) < 4.78 is 0. The Balaban J connectivity index is 0.000000159. The smallest absolute Gasteiger partial charge is 0.434 e. The SMILES string of the molecule is [Ru+].c1ccc(-c2ccccn2)nc1.c1ccc(-c2nc3ccccc3[n-]2)nc1. The van der Waals surface area contributed by atoms with E-state index in [0.717, 1.165) is 28.1 Å². The first kappa shape index (κ1) is 19.5. The zero-order valence-corrected chi connectivity index (χ0v) is 16.6. The van der Waals surface area contributed by atoms with Gasteiger partial charge in [-0.2, -0.15) is 0 Å². The summed E-state index contributed by atoms with van der Waals surface area (Å²) in [5, 5.41) is 0. The zero-order chi connectivity index (χ0) is 18.3. The fourth-order valence-corrected chi connectivity index (χ4v) is 2.54. The van der Waals surface area contributed by atoms with Gasteiger partial charge in [-0.1, -0.05) is 42.5 Å². The minimum atomic E-state index is 0. The minimum absolute atomic E-state index is 0. The van der Waals surface area contributed by atoms with Crippen LogP contribution in [-0.4, -0.2) is 19.9 Å². The normalized spacial score (nSPS) is 9.86. The summed E-state index contributed by atoms with van der Waals surface area (Å²) in [6.07, 6.45) is 5.28. The van der Waals surface area contributed by atoms with E-state index >= 15 is 0 Å². The van der Waals surface area contributed by atoms with Crippen molar-refractivity contribution >= 4 is 11.0 Å². The monoisotopic (exact) mass is 452 g/mol. The van der Waals surface area contributed by atoms with E-state index in [1.165, 1.54) is 0 Å². The summed E-state index contributed by atoms with van der Waals surface area (Å²) in [5.74, 6) is 0.691. The molecule has 5 aromatic rings. The van der Waals surface area contributed by atoms with Gasteiger partial charge in [0.2, 0.25) is 0 Å². The Morgan fingerprint density at radius 2 is 1.04 bits per heavy atom. The van der Waals surface area contributed by atoms with Gasteiger partial charge >= 0.3 is 19.5 Å². The Kier molecular flexibility index (Phi) is 6.71. The quantitative estimate of drug-likeness (QED) is 0.373. The molecule has 28 heavy (non-hydrogen) atoms. The summed E-state index contributed by atoms with van der Waals surface area (Å²) in [4.78, 5) is 21.4. The third kappa shape index (κ3) is 4.73. The predicted octanol–water partition coefficient (Wildman–Crippen LogP) is 4.40. The third-order valence-corrected chi connectivity index (χ3v) is 3.82. The second-order valence-electron chi connectivity index (χ2n) is 5.68. The number of fused-ring (bicyclic) bond motifs is 1. The maximum Gasteiger partial charge on any atom is 1.00 e. The molecule has 4 heterocycles. The zero-order valence-electron chi connectivity index (χ0n) is 14.8. The van der Waals surface area contributed by atoms with Crippen molar-refractivity contribution in [1.82, 2.24) is 24.9 Å². The molecule has 0 aliphatic carbocycles. The summed E-state index contributed by atoms with van der Waals surface area (Å²) in [5.41, 5.74) is 4.47. The second-order valence-corrected chi connectivity index (χ2v) is 5.68. The molecule has 0 aliphatic rings. The molecule has 0 N–H and O–H groups in total. The van der Waals surface area contributed by atoms with Gasteiger partial charge in [-0.25, -0.2) is 0 Å². The van der Waals surface area contributed by atoms with Crippen molar-refractivity contribution in [3.8, 4) is 22.9 Å². The maximum atomic E-state index is 4.41. The molecule has 0 unspecified atom stereocenters. The van der Waals surface area contributed by atoms with Crippen LogP contribution >= 0.6 is 0 Å². The minimum Gasteiger partial charge on any atom is -0.434 e. The molecule has 0 fully saturated rings. The van der Waals surface area contributed by atoms with Crippen molar-refractivity contribution < 1.29 is 19.5 Å². The van der Waals surface area contributed by atoms with Gasteiger partial charge in [0, 0.05) is 18.6 Å². The first-order chi connectivity index (χ1) is 13.4. The molecular weight excluding hydrogens is 435 g/mol. The summed E-state index contributed by atoms with van der Waals surface area (Å²) in [7, 11) is 0. The Morgan fingerprint density at radius 1 is 0.536 bits per heavy atom. The average Bonchev–Trinajstić information content (AvgIpc) is 3.21. The van der Waals surface area contributed by atoms with E-state index in [1.54, 1.807) is 18.6 Å². The van der Waals surface area contributed by atoms with Gasteiger partial charge in [0.05, 0.1) is 17.1 Å². The van der Waals surface area contributed by atoms with E-state index in [1.807, 2.05) is 78.9 Å². The number of para-hydroxylation sites is 2. The van der Waals surface area contributed by atoms with Crippen LogP contribution in [0.2, 0.25) is 0 Å². The van der Waals surface area contributed by atoms with Crippen molar-refractivity contribution in [1.29, 1.82) is 0 Å². The number of imidazole rings is 1. The van der Waals surface area contributed by atoms with E-state index < -0.39 is 0 Å². The molecule has 4 aromatic heterocycles. The number of nitrogens with zero attached hydrogens (tertiary/aromatic N) is 5. The molecule has 0 atom stereocenters. The van der Waals surface area contributed by atoms with Crippen LogP contribution < -0.4 is 4.98 Å². The van der Waals surface area contributed by atoms with Crippen LogP contribution in [-0.2, 0) is 19.5 Å². The molecule has 0 saturated carbocycles. The maximum absolute atomic E-state index is 4.41. The summed E-state index contributed by atoms with van der Waals surface area (Å²) in [6, 6.07) is 25.1. The van der Waals surface area contributed by atoms with Crippen LogP contribution in [0.3, 0.4) is 0 Å². The molecular formula is C22H16N5Ru. The number of rotatable bonds is 2. The summed E-state index contributed by atoms with van der Waals surface area (Å²) in [6.45, 7) is 0. The largest absolute Gasteiger partial charge is 1.00 e. The van der Waals surface area contributed by atoms with Crippen molar-refractivity contribution in [2.24, 2.45) is 0 Å². The Morgan fingerprint density at radius 3 is 1.54 bits per heavy atom. The van der Waals surface area contributed by atoms with Gasteiger partial charge in [-0.3, -0.25) is 15.0 Å². The molecule has 1 aromatic carbocycles. The molecule has 5 rings (SSSR count). The number of hydrogen-bond acceptors (Lipinski definition) is 4. The Labute approximate surface area is 175 Å². The van der Waals surface area contributed by atoms with Gasteiger partial charge in [-0.05, 0) is 53.3 Å². The van der Waals surface area contributed by atoms with E-state index in [-0.39, 0.29) is 19.5 Å². The fraction of sp³-hybridized carbons (Fsp3) is 0. The van der Waals surface area contributed by atoms with Crippen LogP contribution in [0.25, 0.3) is 33.9 Å². The topological polar surface area (TPSA) is 65.7 Å². The molecule has 6 heteroatoms. The second kappa shape index (κ2) is 9.63. The van der Waals surface area contributed by atoms with Gasteiger partial charge in [-0.15, -0.1) is 0 Å². The molecule has 0 saturated heterocycles. The first-order valence-corrected chi connectivity index (χ1v) is 8.53. The van der Waals surface area contributed by atoms with Gasteiger partial charge in [0.25, 0.3) is 0 Å². The number of hydrogen-bond donors (Lipinski definition) is 0. The Bertz CT molecular complexity index is 1040. The third-order valence-electron chi connectivity index (χ3n) is 3.82. The van der Waals surface area contributed by atoms with E-state index in [4.69, 9.17) is 0 Å². The Hall–Kier alpha value is -3.24. The van der Waals surface area contributed by atoms with Crippen LogP contribution in [0.15, 0.2) is 97.5 Å². The van der Waals surface area contributed by atoms with Gasteiger partial charge in [0.1, 0.15) is 0 Å². The van der Waals surface area contributed by atoms with Crippen molar-refractivity contribution in [2.75, 3.05) is 0 Å². The van der Waals surface area contributed by atoms with E-state index in [9.17, 15) is 0 Å². The number of benzene rings is 1. The number of aromatic nitrogens is 5. The standard InChI is InChI=1S/C12H8N3.C10H8N2.Ru/c1-2-6-10-9(5-1)14-12(15-10)11-7-3-4-8-13-11;1-3-7-11-9(5-1)10-6-2-4-8-12-10;/h1-8H;1-8H;/q-1;;+1. The number of pyridine rings is 3. The van der Waals surface area contributed by atoms with E-state index in [2.05, 4.69) is 24.9 Å². The molecule has 1 radical (unpaired) electrons. The molecule has 0 amide bonds. The predicted molar refractivity (Wildman–Crippen MR) is 106 cm³/mol. The molecule has 137 valence electrons. The molecule has 0 spiro atoms. The van der Waals surface area contributed by atoms with E-state index in [0.29, 0.717) is 5.82 Å². The van der Waals surface area contributed by atoms with Crippen molar-refractivity contribution in [2.45, 2.75) is 0 Å². The van der Waals surface area contributed by atoms with Crippen LogP contribution in [0.5, 0.6) is 0 Å². The fourth-order valence-electron chi connectivity index (χ4n) is 2.54. The first-order valence-electron chi connectivity index (χ1n) is 8.53. The van der Waals surface area contributed by atoms with Crippen molar-refractivity contribution in [3.63, 3.8) is 0 Å². The van der Waals surface area contributed by atoms with Crippen LogP contribution in [0, 0.1) is 0 Å². The van der Waals surface area contributed by atoms with Gasteiger partial charge < -0.3 is 9.97 Å².